The van der Waals surface area contributed by atoms with Crippen molar-refractivity contribution in [2.45, 2.75) is 26.2 Å². The lowest BCUT2D eigenvalue weighted by Crippen LogP contribution is -1.98. The number of hydrogen-bond acceptors (Lipinski definition) is 1. The van der Waals surface area contributed by atoms with Gasteiger partial charge >= 0.3 is 0 Å². The van der Waals surface area contributed by atoms with Crippen LogP contribution in [0.2, 0.25) is 0 Å². The van der Waals surface area contributed by atoms with Gasteiger partial charge in [0.2, 0.25) is 0 Å². The monoisotopic (exact) mass is 202 g/mol. The highest BCUT2D eigenvalue weighted by Gasteiger charge is 2.00. The number of H-pyrrole nitrogens is 1. The van der Waals surface area contributed by atoms with E-state index in [0.717, 1.165) is 19.4 Å². The molecular weight excluding hydrogens is 184 g/mol. The Hall–Kier alpha value is -1.28. The third-order valence-electron chi connectivity index (χ3n) is 2.87. The Kier molecular flexibility index (Phi) is 3.07. The SMILES string of the molecule is Cc1c[nH]c2ccc(CCCCN)cc12. The van der Waals surface area contributed by atoms with E-state index in [1.807, 2.05) is 0 Å². The molecule has 1 aromatic carbocycles. The van der Waals surface area contributed by atoms with Crippen molar-refractivity contribution in [3.05, 3.63) is 35.5 Å². The summed E-state index contributed by atoms with van der Waals surface area (Å²) < 4.78 is 0. The topological polar surface area (TPSA) is 41.8 Å². The first-order valence-electron chi connectivity index (χ1n) is 5.58. The van der Waals surface area contributed by atoms with E-state index in [1.165, 1.54) is 28.5 Å². The van der Waals surface area contributed by atoms with Gasteiger partial charge in [0, 0.05) is 17.1 Å². The summed E-state index contributed by atoms with van der Waals surface area (Å²) in [5.41, 5.74) is 9.46. The van der Waals surface area contributed by atoms with Crippen LogP contribution in [-0.2, 0) is 6.42 Å². The third kappa shape index (κ3) is 2.21. The van der Waals surface area contributed by atoms with Crippen LogP contribution in [0.1, 0.15) is 24.0 Å². The second-order valence-corrected chi connectivity index (χ2v) is 4.10. The van der Waals surface area contributed by atoms with Gasteiger partial charge in [0.25, 0.3) is 0 Å². The van der Waals surface area contributed by atoms with Crippen LogP contribution in [0.5, 0.6) is 0 Å². The fraction of sp³-hybridized carbons (Fsp3) is 0.385. The molecule has 0 aliphatic rings. The van der Waals surface area contributed by atoms with Crippen molar-refractivity contribution in [1.29, 1.82) is 0 Å². The van der Waals surface area contributed by atoms with Gasteiger partial charge in [0.05, 0.1) is 0 Å². The van der Waals surface area contributed by atoms with E-state index in [1.54, 1.807) is 0 Å². The van der Waals surface area contributed by atoms with E-state index in [0.29, 0.717) is 0 Å². The zero-order chi connectivity index (χ0) is 10.7. The molecule has 0 spiro atoms. The molecule has 80 valence electrons. The van der Waals surface area contributed by atoms with E-state index in [-0.39, 0.29) is 0 Å². The second kappa shape index (κ2) is 4.49. The number of aromatic amines is 1. The molecule has 0 saturated heterocycles. The summed E-state index contributed by atoms with van der Waals surface area (Å²) in [7, 11) is 0. The van der Waals surface area contributed by atoms with E-state index in [2.05, 4.69) is 36.3 Å². The number of aromatic nitrogens is 1. The summed E-state index contributed by atoms with van der Waals surface area (Å²) >= 11 is 0. The van der Waals surface area contributed by atoms with Crippen LogP contribution in [-0.4, -0.2) is 11.5 Å². The van der Waals surface area contributed by atoms with Crippen molar-refractivity contribution in [1.82, 2.24) is 4.98 Å². The Bertz CT molecular complexity index is 443. The number of benzene rings is 1. The van der Waals surface area contributed by atoms with Gasteiger partial charge in [-0.25, -0.2) is 0 Å². The average Bonchev–Trinajstić information content (AvgIpc) is 2.61. The zero-order valence-corrected chi connectivity index (χ0v) is 9.22. The largest absolute Gasteiger partial charge is 0.361 e. The third-order valence-corrected chi connectivity index (χ3v) is 2.87. The minimum absolute atomic E-state index is 0.797. The molecule has 0 amide bonds. The van der Waals surface area contributed by atoms with Crippen molar-refractivity contribution < 1.29 is 0 Å². The Balaban J connectivity index is 2.18. The van der Waals surface area contributed by atoms with Gasteiger partial charge in [-0.3, -0.25) is 0 Å². The Labute approximate surface area is 90.5 Å². The summed E-state index contributed by atoms with van der Waals surface area (Å²) in [6.45, 7) is 2.94. The van der Waals surface area contributed by atoms with Crippen LogP contribution in [0.25, 0.3) is 10.9 Å². The van der Waals surface area contributed by atoms with Crippen LogP contribution < -0.4 is 5.73 Å². The van der Waals surface area contributed by atoms with Gasteiger partial charge in [-0.05, 0) is 56.0 Å². The van der Waals surface area contributed by atoms with Crippen LogP contribution >= 0.6 is 0 Å². The number of rotatable bonds is 4. The summed E-state index contributed by atoms with van der Waals surface area (Å²) in [4.78, 5) is 3.26. The maximum absolute atomic E-state index is 5.49. The maximum Gasteiger partial charge on any atom is 0.0456 e. The molecular formula is C13H18N2. The molecule has 0 aliphatic heterocycles. The molecule has 0 aliphatic carbocycles. The number of nitrogens with two attached hydrogens (primary N) is 1. The predicted octanol–water partition coefficient (Wildman–Crippen LogP) is 2.76. The van der Waals surface area contributed by atoms with Crippen molar-refractivity contribution in [2.24, 2.45) is 5.73 Å². The quantitative estimate of drug-likeness (QED) is 0.735. The smallest absolute Gasteiger partial charge is 0.0456 e. The summed E-state index contributed by atoms with van der Waals surface area (Å²) in [6.07, 6.45) is 5.50. The van der Waals surface area contributed by atoms with E-state index >= 15 is 0 Å². The molecule has 0 atom stereocenters. The number of hydrogen-bond donors (Lipinski definition) is 2. The molecule has 2 heteroatoms. The maximum atomic E-state index is 5.49. The van der Waals surface area contributed by atoms with Gasteiger partial charge in [0.1, 0.15) is 0 Å². The molecule has 2 aromatic rings. The first kappa shape index (κ1) is 10.2. The van der Waals surface area contributed by atoms with Crippen molar-refractivity contribution in [2.75, 3.05) is 6.54 Å². The van der Waals surface area contributed by atoms with Gasteiger partial charge in [-0.2, -0.15) is 0 Å². The zero-order valence-electron chi connectivity index (χ0n) is 9.22. The Morgan fingerprint density at radius 3 is 2.93 bits per heavy atom. The number of unbranched alkanes of at least 4 members (excludes halogenated alkanes) is 1. The Morgan fingerprint density at radius 1 is 1.27 bits per heavy atom. The second-order valence-electron chi connectivity index (χ2n) is 4.10. The molecule has 15 heavy (non-hydrogen) atoms. The molecule has 3 N–H and O–H groups in total. The highest BCUT2D eigenvalue weighted by Crippen LogP contribution is 2.19. The van der Waals surface area contributed by atoms with Crippen molar-refractivity contribution in [3.8, 4) is 0 Å². The Morgan fingerprint density at radius 2 is 2.13 bits per heavy atom. The number of aryl methyl sites for hydroxylation is 2. The van der Waals surface area contributed by atoms with E-state index < -0.39 is 0 Å². The lowest BCUT2D eigenvalue weighted by molar-refractivity contribution is 0.745. The predicted molar refractivity (Wildman–Crippen MR) is 65.0 cm³/mol. The lowest BCUT2D eigenvalue weighted by atomic mass is 10.0. The first-order chi connectivity index (χ1) is 7.31. The van der Waals surface area contributed by atoms with Crippen LogP contribution in [0.4, 0.5) is 0 Å². The molecule has 2 nitrogen and oxygen atoms in total. The fourth-order valence-electron chi connectivity index (χ4n) is 1.94. The van der Waals surface area contributed by atoms with Crippen LogP contribution in [0.15, 0.2) is 24.4 Å². The minimum Gasteiger partial charge on any atom is -0.361 e. The highest BCUT2D eigenvalue weighted by atomic mass is 14.7. The standard InChI is InChI=1S/C13H18N2/c1-10-9-15-13-6-5-11(8-12(10)13)4-2-3-7-14/h5-6,8-9,15H,2-4,7,14H2,1H3. The van der Waals surface area contributed by atoms with E-state index in [4.69, 9.17) is 5.73 Å². The fourth-order valence-corrected chi connectivity index (χ4v) is 1.94. The highest BCUT2D eigenvalue weighted by molar-refractivity contribution is 5.83. The van der Waals surface area contributed by atoms with E-state index in [9.17, 15) is 0 Å². The minimum atomic E-state index is 0.797. The average molecular weight is 202 g/mol. The van der Waals surface area contributed by atoms with Gasteiger partial charge in [-0.15, -0.1) is 0 Å². The van der Waals surface area contributed by atoms with Gasteiger partial charge in [0.15, 0.2) is 0 Å². The molecule has 0 radical (unpaired) electrons. The summed E-state index contributed by atoms with van der Waals surface area (Å²) in [5, 5.41) is 1.35. The molecule has 0 bridgehead atoms. The summed E-state index contributed by atoms with van der Waals surface area (Å²) in [5.74, 6) is 0. The normalized spacial score (nSPS) is 11.1. The van der Waals surface area contributed by atoms with Gasteiger partial charge in [-0.1, -0.05) is 6.07 Å². The summed E-state index contributed by atoms with van der Waals surface area (Å²) in [6, 6.07) is 6.66. The van der Waals surface area contributed by atoms with Crippen molar-refractivity contribution in [3.63, 3.8) is 0 Å². The first-order valence-corrected chi connectivity index (χ1v) is 5.58. The van der Waals surface area contributed by atoms with Crippen LogP contribution in [0.3, 0.4) is 0 Å². The molecule has 0 unspecified atom stereocenters. The lowest BCUT2D eigenvalue weighted by Gasteiger charge is -2.01. The molecule has 1 heterocycles. The molecule has 1 aromatic heterocycles. The molecule has 2 rings (SSSR count). The number of nitrogens with one attached hydrogen (secondary N) is 1. The van der Waals surface area contributed by atoms with Crippen LogP contribution in [0, 0.1) is 6.92 Å². The number of fused-ring (bicyclic) bond motifs is 1. The van der Waals surface area contributed by atoms with Crippen molar-refractivity contribution >= 4 is 10.9 Å². The van der Waals surface area contributed by atoms with Gasteiger partial charge < -0.3 is 10.7 Å². The molecule has 0 fully saturated rings. The molecule has 0 saturated carbocycles.